The molecule has 1 aliphatic rings. The van der Waals surface area contributed by atoms with Gasteiger partial charge in [-0.25, -0.2) is 0 Å². The maximum atomic E-state index is 10.9. The smallest absolute Gasteiger partial charge is 0.274 e. The predicted molar refractivity (Wildman–Crippen MR) is 72.9 cm³/mol. The van der Waals surface area contributed by atoms with Crippen molar-refractivity contribution >= 4 is 11.4 Å². The van der Waals surface area contributed by atoms with Crippen LogP contribution in [0.3, 0.4) is 0 Å². The summed E-state index contributed by atoms with van der Waals surface area (Å²) in [4.78, 5) is 10.5. The molecule has 1 aromatic rings. The molecule has 1 aliphatic carbocycles. The molecule has 1 saturated carbocycles. The summed E-state index contributed by atoms with van der Waals surface area (Å²) in [7, 11) is 0. The van der Waals surface area contributed by atoms with Gasteiger partial charge in [0, 0.05) is 23.9 Å². The molecular weight excluding hydrogens is 228 g/mol. The molecule has 0 spiro atoms. The first-order valence-corrected chi connectivity index (χ1v) is 6.56. The van der Waals surface area contributed by atoms with E-state index in [-0.39, 0.29) is 10.6 Å². The summed E-state index contributed by atoms with van der Waals surface area (Å²) in [5.41, 5.74) is 2.27. The van der Waals surface area contributed by atoms with Crippen molar-refractivity contribution in [1.29, 1.82) is 0 Å². The van der Waals surface area contributed by atoms with E-state index in [0.717, 1.165) is 17.8 Å². The maximum absolute atomic E-state index is 10.9. The molecule has 0 atom stereocenters. The van der Waals surface area contributed by atoms with E-state index in [0.29, 0.717) is 5.41 Å². The standard InChI is InChI=1S/C14H20N2O2/c1-3-7-14(8-9-14)10-15-12-5-4-6-13(11(12)2)16(17)18/h4-6,15H,3,7-10H2,1-2H3. The van der Waals surface area contributed by atoms with Gasteiger partial charge >= 0.3 is 0 Å². The minimum Gasteiger partial charge on any atom is -0.384 e. The maximum Gasteiger partial charge on any atom is 0.274 e. The molecular formula is C14H20N2O2. The Morgan fingerprint density at radius 2 is 2.17 bits per heavy atom. The van der Waals surface area contributed by atoms with Crippen molar-refractivity contribution in [2.75, 3.05) is 11.9 Å². The van der Waals surface area contributed by atoms with E-state index in [9.17, 15) is 10.1 Å². The van der Waals surface area contributed by atoms with Gasteiger partial charge in [0.2, 0.25) is 0 Å². The number of anilines is 1. The van der Waals surface area contributed by atoms with Gasteiger partial charge in [-0.05, 0) is 37.7 Å². The van der Waals surface area contributed by atoms with Crippen LogP contribution in [0.2, 0.25) is 0 Å². The number of hydrogen-bond acceptors (Lipinski definition) is 3. The van der Waals surface area contributed by atoms with Crippen molar-refractivity contribution in [3.05, 3.63) is 33.9 Å². The molecule has 0 aliphatic heterocycles. The molecule has 0 heterocycles. The highest BCUT2D eigenvalue weighted by Gasteiger charge is 2.41. The Morgan fingerprint density at radius 1 is 1.44 bits per heavy atom. The van der Waals surface area contributed by atoms with Crippen LogP contribution in [0, 0.1) is 22.5 Å². The Bertz CT molecular complexity index is 453. The number of nitrogens with one attached hydrogen (secondary N) is 1. The zero-order valence-electron chi connectivity index (χ0n) is 11.0. The molecule has 98 valence electrons. The van der Waals surface area contributed by atoms with E-state index in [2.05, 4.69) is 12.2 Å². The molecule has 2 rings (SSSR count). The van der Waals surface area contributed by atoms with Crippen LogP contribution >= 0.6 is 0 Å². The number of nitrogens with zero attached hydrogens (tertiary/aromatic N) is 1. The van der Waals surface area contributed by atoms with E-state index in [1.54, 1.807) is 19.1 Å². The van der Waals surface area contributed by atoms with Crippen molar-refractivity contribution in [3.63, 3.8) is 0 Å². The van der Waals surface area contributed by atoms with Gasteiger partial charge in [0.15, 0.2) is 0 Å². The van der Waals surface area contributed by atoms with Crippen molar-refractivity contribution < 1.29 is 4.92 Å². The molecule has 4 heteroatoms. The Hall–Kier alpha value is -1.58. The van der Waals surface area contributed by atoms with Crippen LogP contribution in [0.1, 0.15) is 38.2 Å². The average molecular weight is 248 g/mol. The average Bonchev–Trinajstić information content (AvgIpc) is 3.08. The number of benzene rings is 1. The lowest BCUT2D eigenvalue weighted by Gasteiger charge is -2.17. The molecule has 18 heavy (non-hydrogen) atoms. The molecule has 0 unspecified atom stereocenters. The van der Waals surface area contributed by atoms with Crippen molar-refractivity contribution in [2.24, 2.45) is 5.41 Å². The molecule has 0 aromatic heterocycles. The lowest BCUT2D eigenvalue weighted by Crippen LogP contribution is -2.15. The highest BCUT2D eigenvalue weighted by atomic mass is 16.6. The fourth-order valence-corrected chi connectivity index (χ4v) is 2.52. The number of hydrogen-bond donors (Lipinski definition) is 1. The number of nitro groups is 1. The SMILES string of the molecule is CCCC1(CNc2cccc([N+](=O)[O-])c2C)CC1. The predicted octanol–water partition coefficient (Wildman–Crippen LogP) is 3.90. The largest absolute Gasteiger partial charge is 0.384 e. The van der Waals surface area contributed by atoms with E-state index in [1.165, 1.54) is 25.7 Å². The van der Waals surface area contributed by atoms with Gasteiger partial charge in [-0.15, -0.1) is 0 Å². The summed E-state index contributed by atoms with van der Waals surface area (Å²) in [6, 6.07) is 5.22. The topological polar surface area (TPSA) is 55.2 Å². The van der Waals surface area contributed by atoms with Crippen LogP contribution < -0.4 is 5.32 Å². The minimum atomic E-state index is -0.320. The van der Waals surface area contributed by atoms with Crippen LogP contribution in [-0.4, -0.2) is 11.5 Å². The van der Waals surface area contributed by atoms with Gasteiger partial charge in [-0.1, -0.05) is 19.4 Å². The monoisotopic (exact) mass is 248 g/mol. The molecule has 1 aromatic carbocycles. The summed E-state index contributed by atoms with van der Waals surface area (Å²) in [5, 5.41) is 14.3. The first-order valence-electron chi connectivity index (χ1n) is 6.56. The highest BCUT2D eigenvalue weighted by molar-refractivity contribution is 5.59. The van der Waals surface area contributed by atoms with Gasteiger partial charge in [-0.3, -0.25) is 10.1 Å². The van der Waals surface area contributed by atoms with Crippen LogP contribution in [-0.2, 0) is 0 Å². The second-order valence-corrected chi connectivity index (χ2v) is 5.31. The first kappa shape index (κ1) is 12.9. The molecule has 4 nitrogen and oxygen atoms in total. The molecule has 0 bridgehead atoms. The van der Waals surface area contributed by atoms with Crippen molar-refractivity contribution in [1.82, 2.24) is 0 Å². The van der Waals surface area contributed by atoms with Crippen LogP contribution in [0.5, 0.6) is 0 Å². The van der Waals surface area contributed by atoms with Gasteiger partial charge in [0.05, 0.1) is 4.92 Å². The van der Waals surface area contributed by atoms with Gasteiger partial charge in [0.1, 0.15) is 0 Å². The second kappa shape index (κ2) is 4.96. The third kappa shape index (κ3) is 2.63. The van der Waals surface area contributed by atoms with Gasteiger partial charge in [0.25, 0.3) is 5.69 Å². The van der Waals surface area contributed by atoms with Crippen molar-refractivity contribution in [3.8, 4) is 0 Å². The quantitative estimate of drug-likeness (QED) is 0.613. The summed E-state index contributed by atoms with van der Waals surface area (Å²) in [6.07, 6.45) is 5.01. The number of nitro benzene ring substituents is 1. The molecule has 0 amide bonds. The lowest BCUT2D eigenvalue weighted by molar-refractivity contribution is -0.385. The third-order valence-corrected chi connectivity index (χ3v) is 3.89. The van der Waals surface area contributed by atoms with Crippen LogP contribution in [0.15, 0.2) is 18.2 Å². The fraction of sp³-hybridized carbons (Fsp3) is 0.571. The summed E-state index contributed by atoms with van der Waals surface area (Å²) >= 11 is 0. The zero-order valence-corrected chi connectivity index (χ0v) is 11.0. The molecule has 1 fully saturated rings. The Morgan fingerprint density at radius 3 is 2.72 bits per heavy atom. The summed E-state index contributed by atoms with van der Waals surface area (Å²) < 4.78 is 0. The van der Waals surface area contributed by atoms with Crippen LogP contribution in [0.25, 0.3) is 0 Å². The second-order valence-electron chi connectivity index (χ2n) is 5.31. The molecule has 0 radical (unpaired) electrons. The van der Waals surface area contributed by atoms with Gasteiger partial charge < -0.3 is 5.32 Å². The summed E-state index contributed by atoms with van der Waals surface area (Å²) in [6.45, 7) is 4.95. The minimum absolute atomic E-state index is 0.195. The lowest BCUT2D eigenvalue weighted by atomic mass is 10.0. The van der Waals surface area contributed by atoms with Gasteiger partial charge in [-0.2, -0.15) is 0 Å². The van der Waals surface area contributed by atoms with Crippen molar-refractivity contribution in [2.45, 2.75) is 39.5 Å². The molecule has 0 saturated heterocycles. The Balaban J connectivity index is 2.06. The zero-order chi connectivity index (χ0) is 13.2. The van der Waals surface area contributed by atoms with E-state index in [1.807, 2.05) is 6.07 Å². The molecule has 1 N–H and O–H groups in total. The normalized spacial score (nSPS) is 16.3. The highest BCUT2D eigenvalue weighted by Crippen LogP contribution is 2.49. The Kier molecular flexibility index (Phi) is 3.55. The Labute approximate surface area is 108 Å². The fourth-order valence-electron chi connectivity index (χ4n) is 2.52. The van der Waals surface area contributed by atoms with E-state index in [4.69, 9.17) is 0 Å². The van der Waals surface area contributed by atoms with Crippen LogP contribution in [0.4, 0.5) is 11.4 Å². The van der Waals surface area contributed by atoms with E-state index < -0.39 is 0 Å². The first-order chi connectivity index (χ1) is 8.58. The van der Waals surface area contributed by atoms with E-state index >= 15 is 0 Å². The summed E-state index contributed by atoms with van der Waals surface area (Å²) in [5.74, 6) is 0. The number of rotatable bonds is 6. The third-order valence-electron chi connectivity index (χ3n) is 3.89.